The predicted molar refractivity (Wildman–Crippen MR) is 92.2 cm³/mol. The Kier molecular flexibility index (Phi) is 7.47. The maximum atomic E-state index is 4.58. The van der Waals surface area contributed by atoms with Crippen LogP contribution in [0.25, 0.3) is 0 Å². The highest BCUT2D eigenvalue weighted by Gasteiger charge is 2.16. The predicted octanol–water partition coefficient (Wildman–Crippen LogP) is 5.61. The smallest absolute Gasteiger partial charge is 0.114 e. The van der Waals surface area contributed by atoms with Gasteiger partial charge in [0.1, 0.15) is 7.22 Å². The standard InChI is InChI=1S/C16H27NSSi/c1-5-6-7-10-13-17-14-15-11-8-9-12-16(15)18-19(2,3)4/h8-9,11-12,14H,5-7,10,13H2,1-4H3. The molecule has 3 heteroatoms. The fourth-order valence-corrected chi connectivity index (χ4v) is 5.38. The van der Waals surface area contributed by atoms with Crippen molar-refractivity contribution in [1.82, 2.24) is 0 Å². The quantitative estimate of drug-likeness (QED) is 0.344. The Morgan fingerprint density at radius 1 is 1.11 bits per heavy atom. The molecule has 0 radical (unpaired) electrons. The summed E-state index contributed by atoms with van der Waals surface area (Å²) in [5, 5.41) is 0. The fraction of sp³-hybridized carbons (Fsp3) is 0.562. The van der Waals surface area contributed by atoms with E-state index in [0.29, 0.717) is 0 Å². The summed E-state index contributed by atoms with van der Waals surface area (Å²) in [6, 6.07) is 8.63. The molecule has 0 amide bonds. The van der Waals surface area contributed by atoms with E-state index in [4.69, 9.17) is 0 Å². The summed E-state index contributed by atoms with van der Waals surface area (Å²) in [5.41, 5.74) is 1.28. The largest absolute Gasteiger partial charge is 0.293 e. The molecule has 0 spiro atoms. The van der Waals surface area contributed by atoms with Crippen LogP contribution in [0, 0.1) is 0 Å². The molecule has 106 valence electrons. The van der Waals surface area contributed by atoms with Gasteiger partial charge >= 0.3 is 0 Å². The van der Waals surface area contributed by atoms with E-state index < -0.39 is 7.22 Å². The molecule has 19 heavy (non-hydrogen) atoms. The van der Waals surface area contributed by atoms with Crippen molar-refractivity contribution >= 4 is 24.6 Å². The lowest BCUT2D eigenvalue weighted by atomic mass is 10.2. The molecule has 0 bridgehead atoms. The van der Waals surface area contributed by atoms with Crippen molar-refractivity contribution in [2.24, 2.45) is 4.99 Å². The van der Waals surface area contributed by atoms with Gasteiger partial charge < -0.3 is 0 Å². The van der Waals surface area contributed by atoms with Gasteiger partial charge in [0.05, 0.1) is 0 Å². The molecule has 1 aromatic rings. The van der Waals surface area contributed by atoms with Crippen molar-refractivity contribution in [3.63, 3.8) is 0 Å². The van der Waals surface area contributed by atoms with Crippen LogP contribution < -0.4 is 0 Å². The molecule has 0 N–H and O–H groups in total. The number of aliphatic imine (C=N–C) groups is 1. The van der Waals surface area contributed by atoms with Crippen molar-refractivity contribution in [2.45, 2.75) is 57.1 Å². The molecule has 0 fully saturated rings. The maximum Gasteiger partial charge on any atom is 0.114 e. The first-order valence-electron chi connectivity index (χ1n) is 7.31. The van der Waals surface area contributed by atoms with E-state index in [9.17, 15) is 0 Å². The molecule has 0 saturated heterocycles. The molecule has 1 nitrogen and oxygen atoms in total. The lowest BCUT2D eigenvalue weighted by molar-refractivity contribution is 0.676. The van der Waals surface area contributed by atoms with Gasteiger partial charge in [-0.15, -0.1) is 0 Å². The van der Waals surface area contributed by atoms with Gasteiger partial charge in [0, 0.05) is 23.2 Å². The van der Waals surface area contributed by atoms with Gasteiger partial charge in [-0.1, -0.05) is 64.0 Å². The van der Waals surface area contributed by atoms with Crippen LogP contribution >= 0.6 is 11.2 Å². The van der Waals surface area contributed by atoms with E-state index in [2.05, 4.69) is 62.0 Å². The van der Waals surface area contributed by atoms with Crippen molar-refractivity contribution in [2.75, 3.05) is 6.54 Å². The normalized spacial score (nSPS) is 12.2. The second kappa shape index (κ2) is 8.59. The van der Waals surface area contributed by atoms with Crippen LogP contribution in [0.1, 0.15) is 38.2 Å². The zero-order valence-electron chi connectivity index (χ0n) is 12.8. The second-order valence-electron chi connectivity index (χ2n) is 5.85. The number of nitrogens with zero attached hydrogens (tertiary/aromatic N) is 1. The van der Waals surface area contributed by atoms with Gasteiger partial charge in [-0.2, -0.15) is 11.2 Å². The number of hydrogen-bond acceptors (Lipinski definition) is 2. The van der Waals surface area contributed by atoms with Crippen LogP contribution in [0.15, 0.2) is 34.2 Å². The zero-order chi connectivity index (χ0) is 14.1. The van der Waals surface area contributed by atoms with Crippen LogP contribution in [-0.2, 0) is 0 Å². The monoisotopic (exact) mass is 293 g/mol. The minimum absolute atomic E-state index is 0.964. The molecular formula is C16H27NSSi. The lowest BCUT2D eigenvalue weighted by Gasteiger charge is -2.16. The Balaban J connectivity index is 2.55. The second-order valence-corrected chi connectivity index (χ2v) is 15.0. The van der Waals surface area contributed by atoms with E-state index in [1.807, 2.05) is 11.2 Å². The summed E-state index contributed by atoms with van der Waals surface area (Å²) in [6.07, 6.45) is 7.21. The molecular weight excluding hydrogens is 266 g/mol. The van der Waals surface area contributed by atoms with Crippen LogP contribution in [0.3, 0.4) is 0 Å². The summed E-state index contributed by atoms with van der Waals surface area (Å²) in [7, 11) is -1.14. The van der Waals surface area contributed by atoms with E-state index >= 15 is 0 Å². The summed E-state index contributed by atoms with van der Waals surface area (Å²) in [6.45, 7) is 10.4. The van der Waals surface area contributed by atoms with E-state index in [1.165, 1.54) is 36.1 Å². The minimum atomic E-state index is -1.14. The molecule has 0 aliphatic carbocycles. The van der Waals surface area contributed by atoms with Gasteiger partial charge in [-0.25, -0.2) is 0 Å². The first-order valence-corrected chi connectivity index (χ1v) is 12.3. The molecule has 0 aromatic heterocycles. The summed E-state index contributed by atoms with van der Waals surface area (Å²) in [5.74, 6) is 0. The average Bonchev–Trinajstić information content (AvgIpc) is 2.33. The highest BCUT2D eigenvalue weighted by molar-refractivity contribution is 8.28. The molecule has 1 rings (SSSR count). The Labute approximate surface area is 123 Å². The van der Waals surface area contributed by atoms with Crippen molar-refractivity contribution in [3.05, 3.63) is 29.8 Å². The van der Waals surface area contributed by atoms with E-state index in [-0.39, 0.29) is 0 Å². The van der Waals surface area contributed by atoms with E-state index in [1.54, 1.807) is 0 Å². The third kappa shape index (κ3) is 7.58. The fourth-order valence-electron chi connectivity index (χ4n) is 1.80. The van der Waals surface area contributed by atoms with Gasteiger partial charge in [0.25, 0.3) is 0 Å². The molecule has 0 aliphatic heterocycles. The lowest BCUT2D eigenvalue weighted by Crippen LogP contribution is -2.13. The van der Waals surface area contributed by atoms with Crippen molar-refractivity contribution in [1.29, 1.82) is 0 Å². The summed E-state index contributed by atoms with van der Waals surface area (Å²) < 4.78 is 0. The van der Waals surface area contributed by atoms with Gasteiger partial charge in [0.2, 0.25) is 0 Å². The Hall–Kier alpha value is -0.543. The van der Waals surface area contributed by atoms with E-state index in [0.717, 1.165) is 6.54 Å². The highest BCUT2D eigenvalue weighted by atomic mass is 32.4. The first kappa shape index (κ1) is 16.5. The Morgan fingerprint density at radius 2 is 1.84 bits per heavy atom. The summed E-state index contributed by atoms with van der Waals surface area (Å²) >= 11 is 2.05. The molecule has 0 unspecified atom stereocenters. The van der Waals surface area contributed by atoms with Crippen molar-refractivity contribution < 1.29 is 0 Å². The van der Waals surface area contributed by atoms with Crippen LogP contribution in [0.4, 0.5) is 0 Å². The number of unbranched alkanes of at least 4 members (excludes halogenated alkanes) is 3. The van der Waals surface area contributed by atoms with Crippen LogP contribution in [0.5, 0.6) is 0 Å². The molecule has 0 aliphatic rings. The Morgan fingerprint density at radius 3 is 2.53 bits per heavy atom. The van der Waals surface area contributed by atoms with Crippen LogP contribution in [0.2, 0.25) is 19.6 Å². The minimum Gasteiger partial charge on any atom is -0.293 e. The first-order chi connectivity index (χ1) is 9.03. The maximum absolute atomic E-state index is 4.58. The van der Waals surface area contributed by atoms with Gasteiger partial charge in [0.15, 0.2) is 0 Å². The number of hydrogen-bond donors (Lipinski definition) is 0. The third-order valence-corrected chi connectivity index (χ3v) is 6.41. The molecule has 1 aromatic carbocycles. The van der Waals surface area contributed by atoms with Gasteiger partial charge in [-0.3, -0.25) is 4.99 Å². The number of rotatable bonds is 8. The third-order valence-electron chi connectivity index (χ3n) is 2.71. The van der Waals surface area contributed by atoms with Crippen molar-refractivity contribution in [3.8, 4) is 0 Å². The zero-order valence-corrected chi connectivity index (χ0v) is 14.6. The Bertz CT molecular complexity index is 396. The van der Waals surface area contributed by atoms with Crippen LogP contribution in [-0.4, -0.2) is 20.0 Å². The molecule has 0 heterocycles. The van der Waals surface area contributed by atoms with Gasteiger partial charge in [-0.05, 0) is 12.5 Å². The molecule has 0 atom stereocenters. The molecule has 0 saturated carbocycles. The summed E-state index contributed by atoms with van der Waals surface area (Å²) in [4.78, 5) is 5.97. The number of benzene rings is 1. The highest BCUT2D eigenvalue weighted by Crippen LogP contribution is 2.30. The SMILES string of the molecule is CCCCCCN=Cc1ccccc1S[Si](C)(C)C. The topological polar surface area (TPSA) is 12.4 Å². The average molecular weight is 294 g/mol.